The van der Waals surface area contributed by atoms with E-state index >= 15 is 0 Å². The topological polar surface area (TPSA) is 6.48 Å². The SMILES string of the molecule is [B]c1cc(CCN2CCC(CN(C)Cc3ccsc3)CC2)ccc1Br. The molecule has 25 heavy (non-hydrogen) atoms. The first-order valence-corrected chi connectivity index (χ1v) is 10.8. The second-order valence-electron chi connectivity index (χ2n) is 7.22. The Hall–Kier alpha value is -0.615. The molecule has 1 aliphatic heterocycles. The van der Waals surface area contributed by atoms with E-state index in [9.17, 15) is 0 Å². The molecular formula is C20H26BBrN2S. The van der Waals surface area contributed by atoms with Gasteiger partial charge in [0.05, 0.1) is 0 Å². The van der Waals surface area contributed by atoms with Crippen molar-refractivity contribution < 1.29 is 0 Å². The number of rotatable bonds is 7. The van der Waals surface area contributed by atoms with E-state index in [0.29, 0.717) is 0 Å². The summed E-state index contributed by atoms with van der Waals surface area (Å²) in [6.07, 6.45) is 3.72. The Labute approximate surface area is 165 Å². The molecule has 0 amide bonds. The van der Waals surface area contributed by atoms with E-state index in [1.165, 1.54) is 43.6 Å². The Morgan fingerprint density at radius 3 is 2.72 bits per heavy atom. The Kier molecular flexibility index (Phi) is 7.17. The van der Waals surface area contributed by atoms with Crippen LogP contribution in [0.5, 0.6) is 0 Å². The molecule has 1 fully saturated rings. The van der Waals surface area contributed by atoms with Crippen molar-refractivity contribution in [3.05, 3.63) is 50.6 Å². The van der Waals surface area contributed by atoms with Gasteiger partial charge in [-0.25, -0.2) is 0 Å². The van der Waals surface area contributed by atoms with Crippen LogP contribution in [0.3, 0.4) is 0 Å². The largest absolute Gasteiger partial charge is 0.303 e. The zero-order valence-electron chi connectivity index (χ0n) is 15.0. The second-order valence-corrected chi connectivity index (χ2v) is 8.85. The summed E-state index contributed by atoms with van der Waals surface area (Å²) in [6.45, 7) is 5.88. The lowest BCUT2D eigenvalue weighted by molar-refractivity contribution is 0.153. The maximum absolute atomic E-state index is 5.98. The van der Waals surface area contributed by atoms with Crippen LogP contribution >= 0.6 is 27.3 Å². The molecule has 2 nitrogen and oxygen atoms in total. The molecule has 2 heterocycles. The normalized spacial score (nSPS) is 16.6. The van der Waals surface area contributed by atoms with Crippen molar-refractivity contribution in [1.82, 2.24) is 9.80 Å². The average molecular weight is 417 g/mol. The zero-order valence-corrected chi connectivity index (χ0v) is 17.4. The summed E-state index contributed by atoms with van der Waals surface area (Å²) >= 11 is 5.25. The van der Waals surface area contributed by atoms with Gasteiger partial charge in [-0.05, 0) is 79.3 Å². The minimum Gasteiger partial charge on any atom is -0.303 e. The lowest BCUT2D eigenvalue weighted by atomic mass is 9.93. The first kappa shape index (κ1) is 19.2. The maximum atomic E-state index is 5.98. The van der Waals surface area contributed by atoms with Crippen molar-refractivity contribution in [3.63, 3.8) is 0 Å². The predicted octanol–water partition coefficient (Wildman–Crippen LogP) is 3.69. The summed E-state index contributed by atoms with van der Waals surface area (Å²) in [5.74, 6) is 0.836. The fourth-order valence-electron chi connectivity index (χ4n) is 3.63. The van der Waals surface area contributed by atoms with Crippen molar-refractivity contribution in [2.24, 2.45) is 5.92 Å². The van der Waals surface area contributed by atoms with Gasteiger partial charge < -0.3 is 9.80 Å². The fourth-order valence-corrected chi connectivity index (χ4v) is 4.53. The van der Waals surface area contributed by atoms with E-state index in [2.05, 4.69) is 67.8 Å². The molecule has 5 heteroatoms. The van der Waals surface area contributed by atoms with Gasteiger partial charge in [0.15, 0.2) is 0 Å². The van der Waals surface area contributed by atoms with Crippen molar-refractivity contribution in [2.75, 3.05) is 33.2 Å². The van der Waals surface area contributed by atoms with Crippen LogP contribution < -0.4 is 5.46 Å². The highest BCUT2D eigenvalue weighted by atomic mass is 79.9. The number of hydrogen-bond acceptors (Lipinski definition) is 3. The maximum Gasteiger partial charge on any atom is 0.115 e. The quantitative estimate of drug-likeness (QED) is 0.635. The van der Waals surface area contributed by atoms with Crippen molar-refractivity contribution >= 4 is 40.6 Å². The Morgan fingerprint density at radius 1 is 1.24 bits per heavy atom. The van der Waals surface area contributed by atoms with Crippen molar-refractivity contribution in [1.29, 1.82) is 0 Å². The van der Waals surface area contributed by atoms with Gasteiger partial charge in [-0.15, -0.1) is 0 Å². The number of hydrogen-bond donors (Lipinski definition) is 0. The molecule has 3 rings (SSSR count). The third-order valence-corrected chi connectivity index (χ3v) is 6.54. The summed E-state index contributed by atoms with van der Waals surface area (Å²) in [6, 6.07) is 8.56. The van der Waals surface area contributed by atoms with Crippen LogP contribution in [0.2, 0.25) is 0 Å². The lowest BCUT2D eigenvalue weighted by Gasteiger charge is -2.34. The smallest absolute Gasteiger partial charge is 0.115 e. The summed E-state index contributed by atoms with van der Waals surface area (Å²) in [5.41, 5.74) is 3.61. The number of likely N-dealkylation sites (tertiary alicyclic amines) is 1. The highest BCUT2D eigenvalue weighted by Gasteiger charge is 2.20. The van der Waals surface area contributed by atoms with Gasteiger partial charge in [-0.3, -0.25) is 0 Å². The first-order valence-electron chi connectivity index (χ1n) is 9.06. The lowest BCUT2D eigenvalue weighted by Crippen LogP contribution is -2.38. The Balaban J connectivity index is 1.37. The summed E-state index contributed by atoms with van der Waals surface area (Å²) < 4.78 is 0.989. The Bertz CT molecular complexity index is 654. The average Bonchev–Trinajstić information content (AvgIpc) is 3.10. The molecule has 0 N–H and O–H groups in total. The van der Waals surface area contributed by atoms with Gasteiger partial charge in [0, 0.05) is 24.1 Å². The molecule has 1 aliphatic rings. The van der Waals surface area contributed by atoms with Crippen LogP contribution in [-0.4, -0.2) is 50.9 Å². The van der Waals surface area contributed by atoms with Crippen LogP contribution in [0.25, 0.3) is 0 Å². The monoisotopic (exact) mass is 416 g/mol. The van der Waals surface area contributed by atoms with E-state index in [0.717, 1.165) is 35.4 Å². The van der Waals surface area contributed by atoms with E-state index in [-0.39, 0.29) is 0 Å². The van der Waals surface area contributed by atoms with Gasteiger partial charge in [0.1, 0.15) is 7.85 Å². The highest BCUT2D eigenvalue weighted by Crippen LogP contribution is 2.20. The summed E-state index contributed by atoms with van der Waals surface area (Å²) in [5, 5.41) is 4.43. The van der Waals surface area contributed by atoms with Gasteiger partial charge >= 0.3 is 0 Å². The minimum absolute atomic E-state index is 0.836. The molecule has 1 aromatic carbocycles. The second kappa shape index (κ2) is 9.36. The zero-order chi connectivity index (χ0) is 17.6. The van der Waals surface area contributed by atoms with E-state index in [1.807, 2.05) is 0 Å². The third kappa shape index (κ3) is 5.95. The predicted molar refractivity (Wildman–Crippen MR) is 113 cm³/mol. The van der Waals surface area contributed by atoms with Crippen LogP contribution in [-0.2, 0) is 13.0 Å². The first-order chi connectivity index (χ1) is 12.1. The minimum atomic E-state index is 0.836. The molecule has 0 bridgehead atoms. The standard InChI is InChI=1S/C20H26BBrN2S/c1-23(14-18-7-11-25-15-18)13-17-5-9-24(10-6-17)8-4-16-2-3-20(22)19(21)12-16/h2-3,7,11-12,15,17H,4-6,8-10,13-14H2,1H3. The molecule has 0 spiro atoms. The summed E-state index contributed by atoms with van der Waals surface area (Å²) in [4.78, 5) is 5.08. The molecule has 0 aliphatic carbocycles. The molecule has 2 radical (unpaired) electrons. The molecular weight excluding hydrogens is 391 g/mol. The Morgan fingerprint density at radius 2 is 2.04 bits per heavy atom. The van der Waals surface area contributed by atoms with Gasteiger partial charge in [-0.1, -0.05) is 33.5 Å². The van der Waals surface area contributed by atoms with E-state index < -0.39 is 0 Å². The van der Waals surface area contributed by atoms with Gasteiger partial charge in [0.25, 0.3) is 0 Å². The van der Waals surface area contributed by atoms with Gasteiger partial charge in [0.2, 0.25) is 0 Å². The molecule has 0 atom stereocenters. The molecule has 0 saturated carbocycles. The number of nitrogens with zero attached hydrogens (tertiary/aromatic N) is 2. The molecule has 0 unspecified atom stereocenters. The molecule has 1 saturated heterocycles. The number of benzene rings is 1. The third-order valence-electron chi connectivity index (χ3n) is 5.09. The fraction of sp³-hybridized carbons (Fsp3) is 0.500. The molecule has 132 valence electrons. The number of halogens is 1. The van der Waals surface area contributed by atoms with E-state index in [4.69, 9.17) is 7.85 Å². The van der Waals surface area contributed by atoms with Crippen LogP contribution in [0.1, 0.15) is 24.0 Å². The van der Waals surface area contributed by atoms with Crippen LogP contribution in [0.15, 0.2) is 39.5 Å². The van der Waals surface area contributed by atoms with Crippen molar-refractivity contribution in [2.45, 2.75) is 25.8 Å². The molecule has 2 aromatic rings. The van der Waals surface area contributed by atoms with Gasteiger partial charge in [-0.2, -0.15) is 11.3 Å². The van der Waals surface area contributed by atoms with Crippen LogP contribution in [0.4, 0.5) is 0 Å². The van der Waals surface area contributed by atoms with Crippen molar-refractivity contribution in [3.8, 4) is 0 Å². The number of piperidine rings is 1. The van der Waals surface area contributed by atoms with Crippen LogP contribution in [0, 0.1) is 5.92 Å². The summed E-state index contributed by atoms with van der Waals surface area (Å²) in [7, 11) is 8.23. The highest BCUT2D eigenvalue weighted by molar-refractivity contribution is 9.10. The number of thiophene rings is 1. The molecule has 1 aromatic heterocycles. The van der Waals surface area contributed by atoms with E-state index in [1.54, 1.807) is 11.3 Å².